The molecule has 0 atom stereocenters. The van der Waals surface area contributed by atoms with Crippen molar-refractivity contribution < 1.29 is 14.0 Å². The monoisotopic (exact) mass is 250 g/mol. The number of hydrogen-bond donors (Lipinski definition) is 1. The van der Waals surface area contributed by atoms with E-state index < -0.39 is 5.82 Å². The van der Waals surface area contributed by atoms with Crippen LogP contribution in [-0.4, -0.2) is 31.8 Å². The summed E-state index contributed by atoms with van der Waals surface area (Å²) in [6.07, 6.45) is 2.66. The third-order valence-corrected chi connectivity index (χ3v) is 2.85. The van der Waals surface area contributed by atoms with Crippen LogP contribution in [0.5, 0.6) is 0 Å². The fourth-order valence-electron chi connectivity index (χ4n) is 1.77. The molecule has 0 radical (unpaired) electrons. The largest absolute Gasteiger partial charge is 0.365 e. The molecule has 0 saturated heterocycles. The van der Waals surface area contributed by atoms with Gasteiger partial charge in [0.1, 0.15) is 5.82 Å². The normalized spacial score (nSPS) is 14.1. The molecule has 18 heavy (non-hydrogen) atoms. The molecule has 1 N–H and O–H groups in total. The first-order chi connectivity index (χ1) is 8.60. The van der Waals surface area contributed by atoms with Crippen molar-refractivity contribution in [3.63, 3.8) is 0 Å². The van der Waals surface area contributed by atoms with E-state index in [9.17, 15) is 14.0 Å². The highest BCUT2D eigenvalue weighted by Gasteiger charge is 2.23. The first kappa shape index (κ1) is 12.5. The molecule has 2 rings (SSSR count). The molecule has 0 spiro atoms. The lowest BCUT2D eigenvalue weighted by Gasteiger charge is -2.20. The van der Waals surface area contributed by atoms with Gasteiger partial charge in [0.05, 0.1) is 6.54 Å². The van der Waals surface area contributed by atoms with Crippen molar-refractivity contribution in [2.45, 2.75) is 18.9 Å². The molecule has 1 aromatic carbocycles. The number of benzene rings is 1. The van der Waals surface area contributed by atoms with Crippen LogP contribution in [0, 0.1) is 5.82 Å². The van der Waals surface area contributed by atoms with Gasteiger partial charge in [0.25, 0.3) is 0 Å². The summed E-state index contributed by atoms with van der Waals surface area (Å²) in [4.78, 5) is 24.1. The van der Waals surface area contributed by atoms with Gasteiger partial charge in [-0.2, -0.15) is 0 Å². The molecule has 1 aliphatic rings. The van der Waals surface area contributed by atoms with Crippen LogP contribution >= 0.6 is 0 Å². The number of carbonyl (C=O) groups is 2. The zero-order valence-electron chi connectivity index (χ0n) is 10.1. The van der Waals surface area contributed by atoms with Crippen LogP contribution < -0.4 is 10.2 Å². The van der Waals surface area contributed by atoms with Crippen LogP contribution in [0.1, 0.15) is 23.2 Å². The molecule has 1 aromatic rings. The second-order valence-electron chi connectivity index (χ2n) is 4.52. The van der Waals surface area contributed by atoms with E-state index >= 15 is 0 Å². The number of nitrogens with one attached hydrogen (secondary N) is 1. The summed E-state index contributed by atoms with van der Waals surface area (Å²) in [7, 11) is 1.70. The van der Waals surface area contributed by atoms with E-state index in [2.05, 4.69) is 5.32 Å². The number of rotatable bonds is 5. The zero-order chi connectivity index (χ0) is 13.1. The lowest BCUT2D eigenvalue weighted by molar-refractivity contribution is -0.119. The van der Waals surface area contributed by atoms with Crippen molar-refractivity contribution in [1.82, 2.24) is 5.32 Å². The van der Waals surface area contributed by atoms with Gasteiger partial charge in [-0.1, -0.05) is 0 Å². The molecule has 0 bridgehead atoms. The van der Waals surface area contributed by atoms with E-state index in [0.717, 1.165) is 18.9 Å². The first-order valence-electron chi connectivity index (χ1n) is 5.85. The number of anilines is 1. The number of halogens is 1. The van der Waals surface area contributed by atoms with Crippen molar-refractivity contribution in [1.29, 1.82) is 0 Å². The molecule has 0 aliphatic heterocycles. The molecule has 0 unspecified atom stereocenters. The number of aldehydes is 1. The standard InChI is InChI=1S/C13H15FN2O2/c1-16(7-13(18)15-11-3-4-11)12-5-2-10(14)6-9(12)8-17/h2,5-6,8,11H,3-4,7H2,1H3,(H,15,18). The second-order valence-corrected chi connectivity index (χ2v) is 4.52. The fraction of sp³-hybridized carbons (Fsp3) is 0.385. The van der Waals surface area contributed by atoms with Gasteiger partial charge in [-0.3, -0.25) is 9.59 Å². The zero-order valence-corrected chi connectivity index (χ0v) is 10.1. The minimum atomic E-state index is -0.461. The predicted molar refractivity (Wildman–Crippen MR) is 66.2 cm³/mol. The lowest BCUT2D eigenvalue weighted by Crippen LogP contribution is -2.36. The van der Waals surface area contributed by atoms with Gasteiger partial charge in [-0.15, -0.1) is 0 Å². The van der Waals surface area contributed by atoms with Crippen LogP contribution in [0.3, 0.4) is 0 Å². The van der Waals surface area contributed by atoms with Crippen molar-refractivity contribution >= 4 is 17.9 Å². The maximum atomic E-state index is 13.0. The number of amides is 1. The van der Waals surface area contributed by atoms with Gasteiger partial charge in [-0.05, 0) is 31.0 Å². The Morgan fingerprint density at radius 3 is 2.89 bits per heavy atom. The molecular weight excluding hydrogens is 235 g/mol. The van der Waals surface area contributed by atoms with Gasteiger partial charge >= 0.3 is 0 Å². The maximum Gasteiger partial charge on any atom is 0.239 e. The summed E-state index contributed by atoms with van der Waals surface area (Å²) >= 11 is 0. The molecule has 1 aliphatic carbocycles. The van der Waals surface area contributed by atoms with E-state index in [1.807, 2.05) is 0 Å². The summed E-state index contributed by atoms with van der Waals surface area (Å²) in [5.41, 5.74) is 0.800. The van der Waals surface area contributed by atoms with Gasteiger partial charge < -0.3 is 10.2 Å². The van der Waals surface area contributed by atoms with Crippen LogP contribution in [-0.2, 0) is 4.79 Å². The van der Waals surface area contributed by atoms with Crippen LogP contribution in [0.25, 0.3) is 0 Å². The fourth-order valence-corrected chi connectivity index (χ4v) is 1.77. The van der Waals surface area contributed by atoms with Gasteiger partial charge in [0.15, 0.2) is 6.29 Å². The van der Waals surface area contributed by atoms with Crippen molar-refractivity contribution in [2.75, 3.05) is 18.5 Å². The molecule has 0 heterocycles. The average Bonchev–Trinajstić information content (AvgIpc) is 3.12. The second kappa shape index (κ2) is 5.16. The summed E-state index contributed by atoms with van der Waals surface area (Å²) in [5, 5.41) is 2.86. The smallest absolute Gasteiger partial charge is 0.239 e. The maximum absolute atomic E-state index is 13.0. The third kappa shape index (κ3) is 3.06. The Balaban J connectivity index is 2.04. The van der Waals surface area contributed by atoms with Gasteiger partial charge in [0.2, 0.25) is 5.91 Å². The van der Waals surface area contributed by atoms with Gasteiger partial charge in [0, 0.05) is 24.3 Å². The van der Waals surface area contributed by atoms with Crippen molar-refractivity contribution in [3.8, 4) is 0 Å². The SMILES string of the molecule is CN(CC(=O)NC1CC1)c1ccc(F)cc1C=O. The summed E-state index contributed by atoms with van der Waals surface area (Å²) in [6.45, 7) is 0.156. The van der Waals surface area contributed by atoms with E-state index in [1.54, 1.807) is 11.9 Å². The van der Waals surface area contributed by atoms with Crippen molar-refractivity contribution in [3.05, 3.63) is 29.6 Å². The Labute approximate surface area is 105 Å². The van der Waals surface area contributed by atoms with E-state index in [4.69, 9.17) is 0 Å². The number of hydrogen-bond acceptors (Lipinski definition) is 3. The predicted octanol–water partition coefficient (Wildman–Crippen LogP) is 1.35. The lowest BCUT2D eigenvalue weighted by atomic mass is 10.1. The van der Waals surface area contributed by atoms with Crippen LogP contribution in [0.15, 0.2) is 18.2 Å². The first-order valence-corrected chi connectivity index (χ1v) is 5.85. The minimum Gasteiger partial charge on any atom is -0.365 e. The molecular formula is C13H15FN2O2. The Morgan fingerprint density at radius 2 is 2.28 bits per heavy atom. The Morgan fingerprint density at radius 1 is 1.56 bits per heavy atom. The highest BCUT2D eigenvalue weighted by Crippen LogP contribution is 2.20. The van der Waals surface area contributed by atoms with Crippen molar-refractivity contribution in [2.24, 2.45) is 0 Å². The topological polar surface area (TPSA) is 49.4 Å². The number of carbonyl (C=O) groups excluding carboxylic acids is 2. The molecule has 1 amide bonds. The highest BCUT2D eigenvalue weighted by atomic mass is 19.1. The summed E-state index contributed by atoms with van der Waals surface area (Å²) < 4.78 is 13.0. The Kier molecular flexibility index (Phi) is 3.60. The molecule has 1 saturated carbocycles. The molecule has 5 heteroatoms. The van der Waals surface area contributed by atoms with E-state index in [1.165, 1.54) is 12.1 Å². The molecule has 96 valence electrons. The minimum absolute atomic E-state index is 0.0822. The van der Waals surface area contributed by atoms with Gasteiger partial charge in [-0.25, -0.2) is 4.39 Å². The Bertz CT molecular complexity index is 472. The third-order valence-electron chi connectivity index (χ3n) is 2.85. The average molecular weight is 250 g/mol. The van der Waals surface area contributed by atoms with E-state index in [-0.39, 0.29) is 18.0 Å². The van der Waals surface area contributed by atoms with Crippen LogP contribution in [0.4, 0.5) is 10.1 Å². The highest BCUT2D eigenvalue weighted by molar-refractivity contribution is 5.87. The van der Waals surface area contributed by atoms with Crippen LogP contribution in [0.2, 0.25) is 0 Å². The number of nitrogens with zero attached hydrogens (tertiary/aromatic N) is 1. The molecule has 0 aromatic heterocycles. The quantitative estimate of drug-likeness (QED) is 0.803. The molecule has 1 fully saturated rings. The molecule has 4 nitrogen and oxygen atoms in total. The summed E-state index contributed by atoms with van der Waals surface area (Å²) in [5.74, 6) is -0.544. The summed E-state index contributed by atoms with van der Waals surface area (Å²) in [6, 6.07) is 4.25. The van der Waals surface area contributed by atoms with E-state index in [0.29, 0.717) is 18.0 Å². The Hall–Kier alpha value is -1.91. The number of likely N-dealkylation sites (N-methyl/N-ethyl adjacent to an activating group) is 1.